The zero-order valence-corrected chi connectivity index (χ0v) is 15.6. The average molecular weight is 397 g/mol. The number of thioether (sulfide) groups is 1. The van der Waals surface area contributed by atoms with E-state index in [4.69, 9.17) is 0 Å². The number of rotatable bonds is 4. The maximum atomic E-state index is 13.5. The minimum Gasteiger partial charge on any atom is -0.312 e. The molecule has 1 aromatic heterocycles. The van der Waals surface area contributed by atoms with E-state index in [2.05, 4.69) is 10.3 Å². The van der Waals surface area contributed by atoms with Crippen LogP contribution in [0.2, 0.25) is 0 Å². The third kappa shape index (κ3) is 3.73. The van der Waals surface area contributed by atoms with E-state index in [9.17, 15) is 22.8 Å². The van der Waals surface area contributed by atoms with Crippen LogP contribution >= 0.6 is 11.8 Å². The van der Waals surface area contributed by atoms with Crippen molar-refractivity contribution in [1.29, 1.82) is 0 Å². The lowest BCUT2D eigenvalue weighted by molar-refractivity contribution is -0.138. The van der Waals surface area contributed by atoms with Crippen LogP contribution in [0, 0.1) is 0 Å². The van der Waals surface area contributed by atoms with E-state index in [0.717, 1.165) is 18.2 Å². The third-order valence-electron chi connectivity index (χ3n) is 4.38. The summed E-state index contributed by atoms with van der Waals surface area (Å²) in [7, 11) is 1.64. The summed E-state index contributed by atoms with van der Waals surface area (Å²) in [6, 6.07) is 5.04. The summed E-state index contributed by atoms with van der Waals surface area (Å²) in [5.41, 5.74) is -1.45. The fourth-order valence-electron chi connectivity index (χ4n) is 3.18. The van der Waals surface area contributed by atoms with E-state index in [1.807, 2.05) is 6.92 Å². The van der Waals surface area contributed by atoms with E-state index in [1.165, 1.54) is 30.0 Å². The van der Waals surface area contributed by atoms with Crippen LogP contribution in [-0.4, -0.2) is 21.2 Å². The van der Waals surface area contributed by atoms with Gasteiger partial charge in [-0.25, -0.2) is 0 Å². The number of aromatic nitrogens is 2. The van der Waals surface area contributed by atoms with E-state index in [1.54, 1.807) is 11.6 Å². The normalized spacial score (nSPS) is 16.8. The standard InChI is InChI=1S/C18H18F3N3O2S/c1-3-8-27-17-23-16(26)14-11(9-13(25)22-15(14)24(17)2)10-6-4-5-7-12(10)18(19,20)21/h4-7,11H,3,8-9H2,1-2H3,(H,22,25)/t11-/m0/s1. The van der Waals surface area contributed by atoms with Gasteiger partial charge in [0.2, 0.25) is 5.91 Å². The van der Waals surface area contributed by atoms with Crippen molar-refractivity contribution in [2.75, 3.05) is 11.1 Å². The minimum absolute atomic E-state index is 0.0889. The highest BCUT2D eigenvalue weighted by molar-refractivity contribution is 7.99. The zero-order chi connectivity index (χ0) is 19.8. The molecule has 0 bridgehead atoms. The molecule has 27 heavy (non-hydrogen) atoms. The Morgan fingerprint density at radius 3 is 2.67 bits per heavy atom. The molecule has 0 aliphatic carbocycles. The second kappa shape index (κ2) is 7.38. The van der Waals surface area contributed by atoms with Gasteiger partial charge in [-0.1, -0.05) is 36.9 Å². The molecule has 1 aliphatic heterocycles. The second-order valence-corrected chi connectivity index (χ2v) is 7.32. The van der Waals surface area contributed by atoms with Crippen LogP contribution in [0.15, 0.2) is 34.2 Å². The van der Waals surface area contributed by atoms with E-state index in [0.29, 0.717) is 5.16 Å². The summed E-state index contributed by atoms with van der Waals surface area (Å²) in [6.07, 6.45) is -3.95. The number of hydrogen-bond donors (Lipinski definition) is 1. The Hall–Kier alpha value is -2.29. The summed E-state index contributed by atoms with van der Waals surface area (Å²) in [6.45, 7) is 1.98. The molecule has 144 valence electrons. The molecule has 1 N–H and O–H groups in total. The predicted molar refractivity (Wildman–Crippen MR) is 97.0 cm³/mol. The quantitative estimate of drug-likeness (QED) is 0.630. The molecule has 2 heterocycles. The number of halogens is 3. The van der Waals surface area contributed by atoms with Crippen LogP contribution in [-0.2, 0) is 18.0 Å². The summed E-state index contributed by atoms with van der Waals surface area (Å²) < 4.78 is 41.9. The first-order valence-corrected chi connectivity index (χ1v) is 9.42. The molecule has 1 atom stereocenters. The van der Waals surface area contributed by atoms with Gasteiger partial charge >= 0.3 is 6.18 Å². The van der Waals surface area contributed by atoms with Crippen LogP contribution in [0.4, 0.5) is 19.0 Å². The fourth-order valence-corrected chi connectivity index (χ4v) is 4.00. The fraction of sp³-hybridized carbons (Fsp3) is 0.389. The monoisotopic (exact) mass is 397 g/mol. The van der Waals surface area contributed by atoms with Gasteiger partial charge in [-0.3, -0.25) is 9.59 Å². The lowest BCUT2D eigenvalue weighted by Gasteiger charge is -2.29. The molecule has 0 saturated carbocycles. The van der Waals surface area contributed by atoms with Crippen LogP contribution in [0.3, 0.4) is 0 Å². The molecule has 1 aliphatic rings. The van der Waals surface area contributed by atoms with Gasteiger partial charge in [-0.2, -0.15) is 18.2 Å². The summed E-state index contributed by atoms with van der Waals surface area (Å²) in [5.74, 6) is -0.486. The molecule has 0 radical (unpaired) electrons. The van der Waals surface area contributed by atoms with Gasteiger partial charge in [0, 0.05) is 25.1 Å². The summed E-state index contributed by atoms with van der Waals surface area (Å²) >= 11 is 1.36. The number of benzene rings is 1. The minimum atomic E-state index is -4.58. The summed E-state index contributed by atoms with van der Waals surface area (Å²) in [5, 5.41) is 3.06. The van der Waals surface area contributed by atoms with Crippen molar-refractivity contribution in [3.63, 3.8) is 0 Å². The van der Waals surface area contributed by atoms with E-state index in [-0.39, 0.29) is 23.4 Å². The number of amides is 1. The van der Waals surface area contributed by atoms with Gasteiger partial charge in [0.1, 0.15) is 5.82 Å². The number of alkyl halides is 3. The number of nitrogens with one attached hydrogen (secondary N) is 1. The third-order valence-corrected chi connectivity index (χ3v) is 5.61. The molecule has 2 aromatic rings. The van der Waals surface area contributed by atoms with Gasteiger partial charge in [0.15, 0.2) is 5.16 Å². The zero-order valence-electron chi connectivity index (χ0n) is 14.8. The molecule has 1 aromatic carbocycles. The molecule has 1 amide bonds. The first-order chi connectivity index (χ1) is 12.7. The number of nitrogens with zero attached hydrogens (tertiary/aromatic N) is 2. The van der Waals surface area contributed by atoms with E-state index < -0.39 is 29.1 Å². The van der Waals surface area contributed by atoms with Crippen LogP contribution < -0.4 is 10.9 Å². The molecule has 0 unspecified atom stereocenters. The highest BCUT2D eigenvalue weighted by atomic mass is 32.2. The van der Waals surface area contributed by atoms with Crippen molar-refractivity contribution in [3.05, 3.63) is 51.3 Å². The van der Waals surface area contributed by atoms with Crippen LogP contribution in [0.1, 0.15) is 42.4 Å². The molecular formula is C18H18F3N3O2S. The number of anilines is 1. The van der Waals surface area contributed by atoms with Gasteiger partial charge in [-0.15, -0.1) is 0 Å². The SMILES string of the molecule is CCCSc1nc(=O)c2c(n1C)NC(=O)C[C@H]2c1ccccc1C(F)(F)F. The predicted octanol–water partition coefficient (Wildman–Crippen LogP) is 3.78. The highest BCUT2D eigenvalue weighted by Gasteiger charge is 2.39. The van der Waals surface area contributed by atoms with Crippen molar-refractivity contribution < 1.29 is 18.0 Å². The maximum absolute atomic E-state index is 13.5. The smallest absolute Gasteiger partial charge is 0.312 e. The van der Waals surface area contributed by atoms with Crippen molar-refractivity contribution in [2.24, 2.45) is 7.05 Å². The van der Waals surface area contributed by atoms with Gasteiger partial charge < -0.3 is 9.88 Å². The van der Waals surface area contributed by atoms with Crippen molar-refractivity contribution in [2.45, 2.75) is 37.0 Å². The number of carbonyl (C=O) groups is 1. The average Bonchev–Trinajstić information content (AvgIpc) is 2.62. The highest BCUT2D eigenvalue weighted by Crippen LogP contribution is 2.41. The van der Waals surface area contributed by atoms with Gasteiger partial charge in [0.25, 0.3) is 5.56 Å². The largest absolute Gasteiger partial charge is 0.416 e. The number of fused-ring (bicyclic) bond motifs is 1. The molecule has 9 heteroatoms. The Morgan fingerprint density at radius 1 is 1.30 bits per heavy atom. The molecule has 3 rings (SSSR count). The molecule has 0 fully saturated rings. The molecule has 0 spiro atoms. The number of carbonyl (C=O) groups excluding carboxylic acids is 1. The Balaban J connectivity index is 2.20. The first-order valence-electron chi connectivity index (χ1n) is 8.43. The second-order valence-electron chi connectivity index (χ2n) is 6.26. The number of hydrogen-bond acceptors (Lipinski definition) is 4. The Kier molecular flexibility index (Phi) is 5.32. The van der Waals surface area contributed by atoms with Crippen LogP contribution in [0.5, 0.6) is 0 Å². The van der Waals surface area contributed by atoms with Crippen molar-refractivity contribution in [3.8, 4) is 0 Å². The Morgan fingerprint density at radius 2 is 2.00 bits per heavy atom. The Labute approximate surface area is 158 Å². The maximum Gasteiger partial charge on any atom is 0.416 e. The molecular weight excluding hydrogens is 379 g/mol. The molecule has 5 nitrogen and oxygen atoms in total. The van der Waals surface area contributed by atoms with Crippen molar-refractivity contribution >= 4 is 23.5 Å². The van der Waals surface area contributed by atoms with Crippen molar-refractivity contribution in [1.82, 2.24) is 9.55 Å². The lowest BCUT2D eigenvalue weighted by Crippen LogP contribution is -2.34. The van der Waals surface area contributed by atoms with E-state index >= 15 is 0 Å². The first kappa shape index (κ1) is 19.5. The Bertz CT molecular complexity index is 940. The molecule has 0 saturated heterocycles. The topological polar surface area (TPSA) is 64.0 Å². The van der Waals surface area contributed by atoms with Gasteiger partial charge in [-0.05, 0) is 18.1 Å². The van der Waals surface area contributed by atoms with Gasteiger partial charge in [0.05, 0.1) is 11.1 Å². The van der Waals surface area contributed by atoms with Crippen LogP contribution in [0.25, 0.3) is 0 Å². The summed E-state index contributed by atoms with van der Waals surface area (Å²) in [4.78, 5) is 29.0. The lowest BCUT2D eigenvalue weighted by atomic mass is 9.84.